The zero-order chi connectivity index (χ0) is 17.8. The Morgan fingerprint density at radius 3 is 2.68 bits per heavy atom. The topological polar surface area (TPSA) is 82.0 Å². The molecule has 1 aliphatic rings. The highest BCUT2D eigenvalue weighted by atomic mass is 79.9. The molecule has 3 rings (SSSR count). The van der Waals surface area contributed by atoms with E-state index < -0.39 is 5.92 Å². The smallest absolute Gasteiger partial charge is 0.245 e. The highest BCUT2D eigenvalue weighted by molar-refractivity contribution is 9.10. The maximum atomic E-state index is 12.2. The average molecular weight is 402 g/mol. The van der Waals surface area contributed by atoms with E-state index in [1.54, 1.807) is 23.1 Å². The average Bonchev–Trinajstić information content (AvgIpc) is 2.99. The first-order valence-electron chi connectivity index (χ1n) is 7.71. The lowest BCUT2D eigenvalue weighted by Gasteiger charge is -2.16. The summed E-state index contributed by atoms with van der Waals surface area (Å²) >= 11 is 3.36. The minimum atomic E-state index is -0.460. The fourth-order valence-electron chi connectivity index (χ4n) is 2.61. The molecule has 0 saturated carbocycles. The Balaban J connectivity index is 1.61. The molecular weight excluding hydrogens is 386 g/mol. The molecule has 0 radical (unpaired) electrons. The molecule has 0 spiro atoms. The maximum absolute atomic E-state index is 12.2. The van der Waals surface area contributed by atoms with Gasteiger partial charge in [-0.2, -0.15) is 5.10 Å². The molecule has 2 aromatic rings. The second kappa shape index (κ2) is 7.48. The summed E-state index contributed by atoms with van der Waals surface area (Å²) in [5.41, 5.74) is 3.70. The fraction of sp³-hybridized carbons (Fsp3) is 0.167. The number of aromatic hydroxyl groups is 1. The molecule has 2 aromatic carbocycles. The quantitative estimate of drug-likeness (QED) is 0.610. The number of phenols is 1. The molecule has 1 fully saturated rings. The van der Waals surface area contributed by atoms with Crippen molar-refractivity contribution in [1.29, 1.82) is 0 Å². The lowest BCUT2D eigenvalue weighted by atomic mass is 10.1. The van der Waals surface area contributed by atoms with Gasteiger partial charge >= 0.3 is 0 Å². The third kappa shape index (κ3) is 4.06. The highest BCUT2D eigenvalue weighted by Gasteiger charge is 2.35. The first kappa shape index (κ1) is 17.2. The van der Waals surface area contributed by atoms with Crippen molar-refractivity contribution in [3.05, 3.63) is 58.6 Å². The summed E-state index contributed by atoms with van der Waals surface area (Å²) in [7, 11) is 0. The summed E-state index contributed by atoms with van der Waals surface area (Å²) in [5.74, 6) is -0.789. The van der Waals surface area contributed by atoms with Crippen molar-refractivity contribution < 1.29 is 14.7 Å². The van der Waals surface area contributed by atoms with Crippen molar-refractivity contribution in [2.45, 2.75) is 6.42 Å². The number of rotatable bonds is 4. The molecule has 2 N–H and O–H groups in total. The number of halogens is 1. The van der Waals surface area contributed by atoms with Crippen LogP contribution >= 0.6 is 15.9 Å². The summed E-state index contributed by atoms with van der Waals surface area (Å²) in [5, 5.41) is 13.5. The molecule has 0 aromatic heterocycles. The third-order valence-electron chi connectivity index (χ3n) is 3.95. The third-order valence-corrected chi connectivity index (χ3v) is 4.48. The normalized spacial score (nSPS) is 17.2. The van der Waals surface area contributed by atoms with Gasteiger partial charge in [0.2, 0.25) is 11.8 Å². The van der Waals surface area contributed by atoms with Crippen molar-refractivity contribution in [3.8, 4) is 5.75 Å². The van der Waals surface area contributed by atoms with Crippen LogP contribution in [0.3, 0.4) is 0 Å². The summed E-state index contributed by atoms with van der Waals surface area (Å²) in [6.45, 7) is 0.318. The van der Waals surface area contributed by atoms with Crippen LogP contribution in [0.15, 0.2) is 58.1 Å². The molecule has 0 aliphatic carbocycles. The van der Waals surface area contributed by atoms with E-state index in [4.69, 9.17) is 0 Å². The van der Waals surface area contributed by atoms with E-state index >= 15 is 0 Å². The van der Waals surface area contributed by atoms with E-state index in [1.165, 1.54) is 12.3 Å². The van der Waals surface area contributed by atoms with Crippen LogP contribution < -0.4 is 10.3 Å². The van der Waals surface area contributed by atoms with Gasteiger partial charge in [-0.05, 0) is 36.4 Å². The Morgan fingerprint density at radius 1 is 1.24 bits per heavy atom. The molecule has 6 nitrogen and oxygen atoms in total. The number of nitrogens with one attached hydrogen (secondary N) is 1. The Morgan fingerprint density at radius 2 is 1.96 bits per heavy atom. The first-order chi connectivity index (χ1) is 12.0. The SMILES string of the molecule is O=C(N/N=C/c1ccccc1O)C1CC(=O)N(c2ccc(Br)cc2)C1. The van der Waals surface area contributed by atoms with Crippen LogP contribution in [0.1, 0.15) is 12.0 Å². The monoisotopic (exact) mass is 401 g/mol. The van der Waals surface area contributed by atoms with E-state index in [2.05, 4.69) is 26.5 Å². The number of nitrogens with zero attached hydrogens (tertiary/aromatic N) is 2. The minimum absolute atomic E-state index is 0.0814. The molecular formula is C18H16BrN3O3. The number of hydrazone groups is 1. The molecule has 2 amide bonds. The van der Waals surface area contributed by atoms with E-state index in [1.807, 2.05) is 24.3 Å². The molecule has 7 heteroatoms. The van der Waals surface area contributed by atoms with Crippen LogP contribution in [0, 0.1) is 5.92 Å². The number of amides is 2. The number of hydrogen-bond donors (Lipinski definition) is 2. The summed E-state index contributed by atoms with van der Waals surface area (Å²) in [6.07, 6.45) is 1.52. The number of carbonyl (C=O) groups excluding carboxylic acids is 2. The summed E-state index contributed by atoms with van der Waals surface area (Å²) in [4.78, 5) is 26.0. The van der Waals surface area contributed by atoms with Gasteiger partial charge in [-0.3, -0.25) is 9.59 Å². The van der Waals surface area contributed by atoms with Gasteiger partial charge in [0.25, 0.3) is 0 Å². The van der Waals surface area contributed by atoms with Gasteiger partial charge in [-0.25, -0.2) is 5.43 Å². The van der Waals surface area contributed by atoms with E-state index in [0.717, 1.165) is 10.2 Å². The van der Waals surface area contributed by atoms with Gasteiger partial charge in [0, 0.05) is 28.7 Å². The molecule has 1 saturated heterocycles. The Kier molecular flexibility index (Phi) is 5.14. The summed E-state index contributed by atoms with van der Waals surface area (Å²) < 4.78 is 0.927. The zero-order valence-corrected chi connectivity index (χ0v) is 14.8. The standard InChI is InChI=1S/C18H16BrN3O3/c19-14-5-7-15(8-6-14)22-11-13(9-17(22)24)18(25)21-20-10-12-3-1-2-4-16(12)23/h1-8,10,13,23H,9,11H2,(H,21,25)/b20-10+. The van der Waals surface area contributed by atoms with Crippen molar-refractivity contribution in [2.75, 3.05) is 11.4 Å². The van der Waals surface area contributed by atoms with Crippen molar-refractivity contribution >= 4 is 39.6 Å². The molecule has 1 unspecified atom stereocenters. The van der Waals surface area contributed by atoms with Gasteiger partial charge in [0.05, 0.1) is 12.1 Å². The number of para-hydroxylation sites is 1. The van der Waals surface area contributed by atoms with E-state index in [9.17, 15) is 14.7 Å². The second-order valence-corrected chi connectivity index (χ2v) is 6.59. The Labute approximate surface area is 153 Å². The Hall–Kier alpha value is -2.67. The molecule has 128 valence electrons. The van der Waals surface area contributed by atoms with E-state index in [0.29, 0.717) is 12.1 Å². The van der Waals surface area contributed by atoms with Crippen LogP contribution in [-0.4, -0.2) is 29.7 Å². The van der Waals surface area contributed by atoms with Crippen LogP contribution in [0.4, 0.5) is 5.69 Å². The predicted octanol–water partition coefficient (Wildman–Crippen LogP) is 2.66. The second-order valence-electron chi connectivity index (χ2n) is 5.67. The number of hydrogen-bond acceptors (Lipinski definition) is 4. The maximum Gasteiger partial charge on any atom is 0.245 e. The van der Waals surface area contributed by atoms with Crippen molar-refractivity contribution in [2.24, 2.45) is 11.0 Å². The van der Waals surface area contributed by atoms with Crippen molar-refractivity contribution in [3.63, 3.8) is 0 Å². The van der Waals surface area contributed by atoms with E-state index in [-0.39, 0.29) is 24.0 Å². The molecule has 1 aliphatic heterocycles. The number of carbonyl (C=O) groups is 2. The lowest BCUT2D eigenvalue weighted by Crippen LogP contribution is -2.30. The lowest BCUT2D eigenvalue weighted by molar-refractivity contribution is -0.126. The first-order valence-corrected chi connectivity index (χ1v) is 8.51. The van der Waals surface area contributed by atoms with Gasteiger partial charge < -0.3 is 10.0 Å². The summed E-state index contributed by atoms with van der Waals surface area (Å²) in [6, 6.07) is 14.0. The molecule has 1 atom stereocenters. The fourth-order valence-corrected chi connectivity index (χ4v) is 2.87. The highest BCUT2D eigenvalue weighted by Crippen LogP contribution is 2.26. The molecule has 1 heterocycles. The van der Waals surface area contributed by atoms with Gasteiger partial charge in [-0.15, -0.1) is 0 Å². The van der Waals surface area contributed by atoms with Gasteiger partial charge in [0.15, 0.2) is 0 Å². The van der Waals surface area contributed by atoms with Gasteiger partial charge in [-0.1, -0.05) is 28.1 Å². The molecule has 25 heavy (non-hydrogen) atoms. The van der Waals surface area contributed by atoms with Crippen LogP contribution in [0.25, 0.3) is 0 Å². The van der Waals surface area contributed by atoms with Gasteiger partial charge in [0.1, 0.15) is 5.75 Å². The van der Waals surface area contributed by atoms with Crippen LogP contribution in [-0.2, 0) is 9.59 Å². The predicted molar refractivity (Wildman–Crippen MR) is 98.4 cm³/mol. The largest absolute Gasteiger partial charge is 0.507 e. The minimum Gasteiger partial charge on any atom is -0.507 e. The number of benzene rings is 2. The number of anilines is 1. The van der Waals surface area contributed by atoms with Crippen molar-refractivity contribution in [1.82, 2.24) is 5.43 Å². The van der Waals surface area contributed by atoms with Crippen LogP contribution in [0.2, 0.25) is 0 Å². The zero-order valence-electron chi connectivity index (χ0n) is 13.2. The number of phenolic OH excluding ortho intramolecular Hbond substituents is 1. The molecule has 0 bridgehead atoms. The van der Waals surface area contributed by atoms with Crippen LogP contribution in [0.5, 0.6) is 5.75 Å². The Bertz CT molecular complexity index is 821.